The van der Waals surface area contributed by atoms with Crippen molar-refractivity contribution in [3.8, 4) is 0 Å². The van der Waals surface area contributed by atoms with E-state index in [-0.39, 0.29) is 6.54 Å². The summed E-state index contributed by atoms with van der Waals surface area (Å²) in [5, 5.41) is 11.8. The molecule has 0 spiro atoms. The fraction of sp³-hybridized carbons (Fsp3) is 0.636. The first-order chi connectivity index (χ1) is 7.86. The summed E-state index contributed by atoms with van der Waals surface area (Å²) in [6, 6.07) is 0. The Morgan fingerprint density at radius 3 is 2.76 bits per heavy atom. The molecule has 17 heavy (non-hydrogen) atoms. The van der Waals surface area contributed by atoms with Crippen molar-refractivity contribution < 1.29 is 24.2 Å². The van der Waals surface area contributed by atoms with Gasteiger partial charge in [-0.25, -0.2) is 0 Å². The number of esters is 1. The number of aliphatic hydroxyl groups is 1. The number of carbonyl (C=O) groups is 2. The van der Waals surface area contributed by atoms with E-state index in [1.165, 1.54) is 0 Å². The molecule has 0 aromatic carbocycles. The van der Waals surface area contributed by atoms with Crippen LogP contribution in [-0.4, -0.2) is 42.5 Å². The zero-order valence-electron chi connectivity index (χ0n) is 9.93. The second-order valence-electron chi connectivity index (χ2n) is 4.52. The first-order valence-electron chi connectivity index (χ1n) is 5.26. The highest BCUT2D eigenvalue weighted by Crippen LogP contribution is 2.33. The lowest BCUT2D eigenvalue weighted by atomic mass is 9.89. The Morgan fingerprint density at radius 1 is 1.65 bits per heavy atom. The van der Waals surface area contributed by atoms with Crippen LogP contribution in [0.15, 0.2) is 12.7 Å². The van der Waals surface area contributed by atoms with E-state index in [9.17, 15) is 14.7 Å². The van der Waals surface area contributed by atoms with Crippen molar-refractivity contribution in [1.29, 1.82) is 0 Å². The molecule has 0 aliphatic carbocycles. The highest BCUT2D eigenvalue weighted by Gasteiger charge is 2.45. The van der Waals surface area contributed by atoms with Crippen molar-refractivity contribution in [3.05, 3.63) is 12.7 Å². The molecule has 6 nitrogen and oxygen atoms in total. The van der Waals surface area contributed by atoms with Gasteiger partial charge in [0.05, 0.1) is 6.61 Å². The maximum atomic E-state index is 11.4. The van der Waals surface area contributed by atoms with E-state index in [0.29, 0.717) is 6.61 Å². The summed E-state index contributed by atoms with van der Waals surface area (Å²) < 4.78 is 10.1. The zero-order valence-corrected chi connectivity index (χ0v) is 9.93. The molecule has 1 rings (SSSR count). The third-order valence-electron chi connectivity index (χ3n) is 2.51. The van der Waals surface area contributed by atoms with Gasteiger partial charge in [-0.15, -0.1) is 0 Å². The van der Waals surface area contributed by atoms with E-state index in [2.05, 4.69) is 11.9 Å². The molecular formula is C11H17NO5. The Hall–Kier alpha value is -1.40. The third kappa shape index (κ3) is 3.54. The van der Waals surface area contributed by atoms with Crippen LogP contribution in [0.2, 0.25) is 0 Å². The largest absolute Gasteiger partial charge is 0.455 e. The molecular weight excluding hydrogens is 226 g/mol. The molecule has 1 saturated heterocycles. The number of carbonyl (C=O) groups excluding carboxylic acids is 2. The Kier molecular flexibility index (Phi) is 4.25. The number of hydrogen-bond donors (Lipinski definition) is 2. The minimum Gasteiger partial charge on any atom is -0.455 e. The molecule has 2 atom stereocenters. The van der Waals surface area contributed by atoms with E-state index in [1.54, 1.807) is 0 Å². The predicted molar refractivity (Wildman–Crippen MR) is 58.8 cm³/mol. The molecule has 0 saturated carbocycles. The van der Waals surface area contributed by atoms with Gasteiger partial charge in [-0.2, -0.15) is 0 Å². The number of hydrogen-bond acceptors (Lipinski definition) is 5. The van der Waals surface area contributed by atoms with Crippen molar-refractivity contribution in [2.75, 3.05) is 13.2 Å². The van der Waals surface area contributed by atoms with Gasteiger partial charge in [0, 0.05) is 5.41 Å². The number of amides is 1. The Morgan fingerprint density at radius 2 is 2.29 bits per heavy atom. The molecule has 0 aromatic heterocycles. The first-order valence-corrected chi connectivity index (χ1v) is 5.26. The van der Waals surface area contributed by atoms with Gasteiger partial charge < -0.3 is 19.9 Å². The molecule has 0 aromatic rings. The van der Waals surface area contributed by atoms with Crippen molar-refractivity contribution in [1.82, 2.24) is 5.32 Å². The van der Waals surface area contributed by atoms with Crippen LogP contribution in [-0.2, 0) is 19.1 Å². The average molecular weight is 243 g/mol. The van der Waals surface area contributed by atoms with E-state index in [1.807, 2.05) is 13.8 Å². The minimum absolute atomic E-state index is 0.260. The predicted octanol–water partition coefficient (Wildman–Crippen LogP) is -0.425. The fourth-order valence-electron chi connectivity index (χ4n) is 1.49. The van der Waals surface area contributed by atoms with Gasteiger partial charge in [0.15, 0.2) is 12.4 Å². The van der Waals surface area contributed by atoms with Crippen LogP contribution in [0.4, 0.5) is 0 Å². The summed E-state index contributed by atoms with van der Waals surface area (Å²) in [5.41, 5.74) is -0.447. The van der Waals surface area contributed by atoms with E-state index >= 15 is 0 Å². The van der Waals surface area contributed by atoms with Gasteiger partial charge in [-0.05, 0) is 6.08 Å². The summed E-state index contributed by atoms with van der Waals surface area (Å²) in [7, 11) is 0. The Bertz CT molecular complexity index is 326. The number of ether oxygens (including phenoxy) is 2. The van der Waals surface area contributed by atoms with E-state index < -0.39 is 29.7 Å². The second kappa shape index (κ2) is 5.29. The van der Waals surface area contributed by atoms with Gasteiger partial charge >= 0.3 is 5.97 Å². The smallest absolute Gasteiger partial charge is 0.325 e. The van der Waals surface area contributed by atoms with Crippen LogP contribution < -0.4 is 5.32 Å². The Labute approximate surface area is 99.6 Å². The molecule has 1 aliphatic rings. The highest BCUT2D eigenvalue weighted by atomic mass is 16.7. The second-order valence-corrected chi connectivity index (χ2v) is 4.52. The van der Waals surface area contributed by atoms with Crippen LogP contribution in [0.3, 0.4) is 0 Å². The number of nitrogens with one attached hydrogen (secondary N) is 1. The molecule has 0 radical (unpaired) electrons. The SMILES string of the molecule is C=CC(=O)NCC(=O)OC1C(O)OCC1(C)C. The summed E-state index contributed by atoms with van der Waals surface area (Å²) in [6.07, 6.45) is -0.787. The van der Waals surface area contributed by atoms with Crippen molar-refractivity contribution in [2.45, 2.75) is 26.2 Å². The topological polar surface area (TPSA) is 84.9 Å². The summed E-state index contributed by atoms with van der Waals surface area (Å²) in [6.45, 7) is 6.95. The summed E-state index contributed by atoms with van der Waals surface area (Å²) >= 11 is 0. The fourth-order valence-corrected chi connectivity index (χ4v) is 1.49. The maximum absolute atomic E-state index is 11.4. The minimum atomic E-state index is -1.12. The van der Waals surface area contributed by atoms with Crippen LogP contribution in [0, 0.1) is 5.41 Å². The number of rotatable bonds is 4. The molecule has 2 N–H and O–H groups in total. The van der Waals surface area contributed by atoms with Gasteiger partial charge in [0.2, 0.25) is 5.91 Å². The van der Waals surface area contributed by atoms with Gasteiger partial charge in [0.25, 0.3) is 0 Å². The lowest BCUT2D eigenvalue weighted by Crippen LogP contribution is -2.40. The Balaban J connectivity index is 2.45. The lowest BCUT2D eigenvalue weighted by Gasteiger charge is -2.25. The normalized spacial score (nSPS) is 26.3. The molecule has 1 aliphatic heterocycles. The average Bonchev–Trinajstić information content (AvgIpc) is 2.53. The monoisotopic (exact) mass is 243 g/mol. The van der Waals surface area contributed by atoms with Crippen LogP contribution in [0.25, 0.3) is 0 Å². The number of aliphatic hydroxyl groups excluding tert-OH is 1. The molecule has 1 heterocycles. The molecule has 1 amide bonds. The van der Waals surface area contributed by atoms with Gasteiger partial charge in [0.1, 0.15) is 6.54 Å². The van der Waals surface area contributed by atoms with Crippen LogP contribution in [0.5, 0.6) is 0 Å². The maximum Gasteiger partial charge on any atom is 0.325 e. The summed E-state index contributed by atoms with van der Waals surface area (Å²) in [4.78, 5) is 22.2. The van der Waals surface area contributed by atoms with Crippen molar-refractivity contribution in [2.24, 2.45) is 5.41 Å². The lowest BCUT2D eigenvalue weighted by molar-refractivity contribution is -0.170. The molecule has 1 fully saturated rings. The van der Waals surface area contributed by atoms with Crippen molar-refractivity contribution in [3.63, 3.8) is 0 Å². The quantitative estimate of drug-likeness (QED) is 0.517. The van der Waals surface area contributed by atoms with Crippen LogP contribution >= 0.6 is 0 Å². The molecule has 96 valence electrons. The summed E-state index contributed by atoms with van der Waals surface area (Å²) in [5.74, 6) is -1.08. The van der Waals surface area contributed by atoms with E-state index in [4.69, 9.17) is 9.47 Å². The molecule has 6 heteroatoms. The van der Waals surface area contributed by atoms with Gasteiger partial charge in [-0.1, -0.05) is 20.4 Å². The van der Waals surface area contributed by atoms with Crippen LogP contribution in [0.1, 0.15) is 13.8 Å². The third-order valence-corrected chi connectivity index (χ3v) is 2.51. The van der Waals surface area contributed by atoms with Crippen molar-refractivity contribution >= 4 is 11.9 Å². The molecule has 0 bridgehead atoms. The highest BCUT2D eigenvalue weighted by molar-refractivity contribution is 5.89. The first kappa shape index (κ1) is 13.7. The van der Waals surface area contributed by atoms with Gasteiger partial charge in [-0.3, -0.25) is 9.59 Å². The standard InChI is InChI=1S/C11H17NO5/c1-4-7(13)12-5-8(14)17-9-10(15)16-6-11(9,2)3/h4,9-10,15H,1,5-6H2,2-3H3,(H,12,13). The molecule has 2 unspecified atom stereocenters. The van der Waals surface area contributed by atoms with E-state index in [0.717, 1.165) is 6.08 Å². The zero-order chi connectivity index (χ0) is 13.1.